The molecule has 92 valence electrons. The second kappa shape index (κ2) is 6.24. The van der Waals surface area contributed by atoms with Crippen molar-refractivity contribution in [3.05, 3.63) is 34.3 Å². The van der Waals surface area contributed by atoms with E-state index in [-0.39, 0.29) is 18.2 Å². The molecule has 0 spiro atoms. The Morgan fingerprint density at radius 2 is 2.35 bits per heavy atom. The average molecular weight is 300 g/mol. The molecule has 0 radical (unpaired) electrons. The Kier molecular flexibility index (Phi) is 4.96. The van der Waals surface area contributed by atoms with Crippen LogP contribution in [-0.2, 0) is 11.2 Å². The highest BCUT2D eigenvalue weighted by Gasteiger charge is 2.11. The Bertz CT molecular complexity index is 434. The predicted molar refractivity (Wildman–Crippen MR) is 68.9 cm³/mol. The lowest BCUT2D eigenvalue weighted by atomic mass is 10.1. The van der Waals surface area contributed by atoms with E-state index in [1.807, 2.05) is 24.3 Å². The molecule has 0 aliphatic heterocycles. The van der Waals surface area contributed by atoms with Gasteiger partial charge in [0.25, 0.3) is 0 Å². The van der Waals surface area contributed by atoms with Crippen LogP contribution in [0.5, 0.6) is 0 Å². The summed E-state index contributed by atoms with van der Waals surface area (Å²) in [5, 5.41) is 13.9. The number of benzene rings is 1. The van der Waals surface area contributed by atoms with Gasteiger partial charge in [0, 0.05) is 4.47 Å². The molecule has 1 aromatic carbocycles. The van der Waals surface area contributed by atoms with Gasteiger partial charge in [-0.05, 0) is 24.6 Å². The molecule has 0 bridgehead atoms. The summed E-state index contributed by atoms with van der Waals surface area (Å²) >= 11 is 3.33. The number of carbonyl (C=O) groups is 1. The van der Waals surface area contributed by atoms with Crippen LogP contribution in [0, 0.1) is 0 Å². The summed E-state index contributed by atoms with van der Waals surface area (Å²) in [6, 6.07) is 6.99. The summed E-state index contributed by atoms with van der Waals surface area (Å²) in [7, 11) is 0. The monoisotopic (exact) mass is 299 g/mol. The summed E-state index contributed by atoms with van der Waals surface area (Å²) in [6.07, 6.45) is 0.252. The summed E-state index contributed by atoms with van der Waals surface area (Å²) in [4.78, 5) is 11.6. The zero-order chi connectivity index (χ0) is 12.8. The van der Waals surface area contributed by atoms with Crippen LogP contribution in [0.25, 0.3) is 0 Å². The van der Waals surface area contributed by atoms with Crippen molar-refractivity contribution in [2.24, 2.45) is 10.9 Å². The van der Waals surface area contributed by atoms with E-state index in [0.717, 1.165) is 10.0 Å². The SMILES string of the molecule is CC(NC(=O)Cc1cccc(Br)c1)C(N)=NO. The third-order valence-corrected chi connectivity index (χ3v) is 2.68. The highest BCUT2D eigenvalue weighted by atomic mass is 79.9. The van der Waals surface area contributed by atoms with Gasteiger partial charge in [-0.25, -0.2) is 0 Å². The van der Waals surface area contributed by atoms with Gasteiger partial charge in [-0.3, -0.25) is 4.79 Å². The third kappa shape index (κ3) is 4.44. The summed E-state index contributed by atoms with van der Waals surface area (Å²) in [5.74, 6) is -0.199. The van der Waals surface area contributed by atoms with Crippen molar-refractivity contribution in [2.45, 2.75) is 19.4 Å². The molecule has 4 N–H and O–H groups in total. The van der Waals surface area contributed by atoms with Crippen LogP contribution < -0.4 is 11.1 Å². The first-order chi connectivity index (χ1) is 8.02. The molecule has 1 rings (SSSR count). The zero-order valence-corrected chi connectivity index (χ0v) is 10.9. The maximum absolute atomic E-state index is 11.6. The summed E-state index contributed by atoms with van der Waals surface area (Å²) < 4.78 is 0.923. The van der Waals surface area contributed by atoms with Gasteiger partial charge in [0.05, 0.1) is 12.5 Å². The van der Waals surface area contributed by atoms with Crippen LogP contribution in [0.2, 0.25) is 0 Å². The molecule has 0 saturated heterocycles. The fourth-order valence-corrected chi connectivity index (χ4v) is 1.73. The Balaban J connectivity index is 2.56. The van der Waals surface area contributed by atoms with Crippen LogP contribution in [-0.4, -0.2) is 23.0 Å². The van der Waals surface area contributed by atoms with Gasteiger partial charge in [-0.1, -0.05) is 33.2 Å². The average Bonchev–Trinajstić information content (AvgIpc) is 2.27. The normalized spacial score (nSPS) is 13.2. The van der Waals surface area contributed by atoms with Crippen LogP contribution in [0.1, 0.15) is 12.5 Å². The fraction of sp³-hybridized carbons (Fsp3) is 0.273. The first-order valence-corrected chi connectivity index (χ1v) is 5.83. The highest BCUT2D eigenvalue weighted by molar-refractivity contribution is 9.10. The smallest absolute Gasteiger partial charge is 0.224 e. The van der Waals surface area contributed by atoms with Crippen molar-refractivity contribution >= 4 is 27.7 Å². The molecule has 0 aromatic heterocycles. The number of amidine groups is 1. The summed E-state index contributed by atoms with van der Waals surface area (Å²) in [5.41, 5.74) is 6.25. The standard InChI is InChI=1S/C11H14BrN3O2/c1-7(11(13)15-17)14-10(16)6-8-3-2-4-9(12)5-8/h2-5,7,17H,6H2,1H3,(H2,13,15)(H,14,16). The molecule has 1 atom stereocenters. The molecule has 6 heteroatoms. The number of oxime groups is 1. The van der Waals surface area contributed by atoms with E-state index in [1.54, 1.807) is 6.92 Å². The lowest BCUT2D eigenvalue weighted by molar-refractivity contribution is -0.120. The fourth-order valence-electron chi connectivity index (χ4n) is 1.29. The number of nitrogens with two attached hydrogens (primary N) is 1. The third-order valence-electron chi connectivity index (χ3n) is 2.19. The van der Waals surface area contributed by atoms with Gasteiger partial charge >= 0.3 is 0 Å². The maximum atomic E-state index is 11.6. The van der Waals surface area contributed by atoms with Crippen molar-refractivity contribution in [3.63, 3.8) is 0 Å². The van der Waals surface area contributed by atoms with Crippen molar-refractivity contribution in [3.8, 4) is 0 Å². The zero-order valence-electron chi connectivity index (χ0n) is 9.35. The minimum Gasteiger partial charge on any atom is -0.409 e. The lowest BCUT2D eigenvalue weighted by Gasteiger charge is -2.12. The van der Waals surface area contributed by atoms with E-state index in [9.17, 15) is 4.79 Å². The molecule has 0 heterocycles. The van der Waals surface area contributed by atoms with Crippen LogP contribution in [0.4, 0.5) is 0 Å². The minimum absolute atomic E-state index is 0.0207. The quantitative estimate of drug-likeness (QED) is 0.338. The summed E-state index contributed by atoms with van der Waals surface area (Å²) in [6.45, 7) is 1.65. The lowest BCUT2D eigenvalue weighted by Crippen LogP contribution is -2.43. The van der Waals surface area contributed by atoms with Crippen molar-refractivity contribution < 1.29 is 10.0 Å². The van der Waals surface area contributed by atoms with E-state index in [0.29, 0.717) is 0 Å². The Hall–Kier alpha value is -1.56. The van der Waals surface area contributed by atoms with Gasteiger partial charge in [-0.2, -0.15) is 0 Å². The molecule has 0 aliphatic rings. The molecule has 1 amide bonds. The first kappa shape index (κ1) is 13.5. The number of hydrogen-bond acceptors (Lipinski definition) is 3. The van der Waals surface area contributed by atoms with Gasteiger partial charge in [0.2, 0.25) is 5.91 Å². The van der Waals surface area contributed by atoms with Gasteiger partial charge in [-0.15, -0.1) is 0 Å². The van der Waals surface area contributed by atoms with Crippen molar-refractivity contribution in [1.29, 1.82) is 0 Å². The second-order valence-corrected chi connectivity index (χ2v) is 4.54. The highest BCUT2D eigenvalue weighted by Crippen LogP contribution is 2.11. The maximum Gasteiger partial charge on any atom is 0.224 e. The molecule has 5 nitrogen and oxygen atoms in total. The Labute approximate surface area is 108 Å². The molecule has 1 aromatic rings. The number of nitrogens with one attached hydrogen (secondary N) is 1. The topological polar surface area (TPSA) is 87.7 Å². The molecular formula is C11H14BrN3O2. The van der Waals surface area contributed by atoms with Crippen molar-refractivity contribution in [1.82, 2.24) is 5.32 Å². The number of halogens is 1. The van der Waals surface area contributed by atoms with Crippen LogP contribution in [0.3, 0.4) is 0 Å². The van der Waals surface area contributed by atoms with Gasteiger partial charge in [0.15, 0.2) is 5.84 Å². The predicted octanol–water partition coefficient (Wildman–Crippen LogP) is 1.24. The van der Waals surface area contributed by atoms with E-state index in [4.69, 9.17) is 10.9 Å². The van der Waals surface area contributed by atoms with E-state index in [1.165, 1.54) is 0 Å². The van der Waals surface area contributed by atoms with E-state index < -0.39 is 6.04 Å². The van der Waals surface area contributed by atoms with E-state index in [2.05, 4.69) is 26.4 Å². The van der Waals surface area contributed by atoms with Crippen LogP contribution in [0.15, 0.2) is 33.9 Å². The molecule has 17 heavy (non-hydrogen) atoms. The number of hydrogen-bond donors (Lipinski definition) is 3. The first-order valence-electron chi connectivity index (χ1n) is 5.04. The molecular weight excluding hydrogens is 286 g/mol. The largest absolute Gasteiger partial charge is 0.409 e. The second-order valence-electron chi connectivity index (χ2n) is 3.62. The Morgan fingerprint density at radius 3 is 2.94 bits per heavy atom. The molecule has 0 saturated carbocycles. The van der Waals surface area contributed by atoms with Gasteiger partial charge < -0.3 is 16.3 Å². The number of carbonyl (C=O) groups excluding carboxylic acids is 1. The minimum atomic E-state index is -0.486. The van der Waals surface area contributed by atoms with Crippen molar-refractivity contribution in [2.75, 3.05) is 0 Å². The van der Waals surface area contributed by atoms with Gasteiger partial charge in [0.1, 0.15) is 0 Å². The molecule has 0 fully saturated rings. The number of amides is 1. The van der Waals surface area contributed by atoms with E-state index >= 15 is 0 Å². The molecule has 0 aliphatic carbocycles. The number of nitrogens with zero attached hydrogens (tertiary/aromatic N) is 1. The molecule has 1 unspecified atom stereocenters. The number of rotatable bonds is 4. The Morgan fingerprint density at radius 1 is 1.65 bits per heavy atom. The van der Waals surface area contributed by atoms with Crippen LogP contribution >= 0.6 is 15.9 Å².